The molecule has 2 N–H and O–H groups in total. The summed E-state index contributed by atoms with van der Waals surface area (Å²) < 4.78 is 1.99. The van der Waals surface area contributed by atoms with Gasteiger partial charge in [0.15, 0.2) is 0 Å². The maximum absolute atomic E-state index is 6.44. The molecule has 1 saturated carbocycles. The molecular weight excluding hydrogens is 224 g/mol. The zero-order chi connectivity index (χ0) is 12.8. The molecule has 1 heterocycles. The summed E-state index contributed by atoms with van der Waals surface area (Å²) in [4.78, 5) is 4.39. The summed E-state index contributed by atoms with van der Waals surface area (Å²) in [5.74, 6) is 1.58. The summed E-state index contributed by atoms with van der Waals surface area (Å²) in [5.41, 5.74) is 6.44. The molecule has 0 amide bonds. The van der Waals surface area contributed by atoms with Crippen molar-refractivity contribution in [3.63, 3.8) is 0 Å². The lowest BCUT2D eigenvalue weighted by atomic mass is 9.86. The van der Waals surface area contributed by atoms with Gasteiger partial charge in [-0.15, -0.1) is 0 Å². The van der Waals surface area contributed by atoms with Crippen LogP contribution in [0.3, 0.4) is 0 Å². The van der Waals surface area contributed by atoms with Crippen LogP contribution in [0.25, 0.3) is 0 Å². The van der Waals surface area contributed by atoms with Gasteiger partial charge in [0.25, 0.3) is 0 Å². The highest BCUT2D eigenvalue weighted by Crippen LogP contribution is 2.30. The molecule has 1 atom stereocenters. The zero-order valence-electron chi connectivity index (χ0n) is 11.5. The van der Waals surface area contributed by atoms with Gasteiger partial charge >= 0.3 is 0 Å². The van der Waals surface area contributed by atoms with Gasteiger partial charge < -0.3 is 5.73 Å². The van der Waals surface area contributed by atoms with Gasteiger partial charge in [-0.2, -0.15) is 5.10 Å². The molecule has 0 radical (unpaired) electrons. The Hall–Kier alpha value is -0.900. The van der Waals surface area contributed by atoms with Crippen molar-refractivity contribution in [1.82, 2.24) is 14.8 Å². The molecule has 1 fully saturated rings. The fourth-order valence-electron chi connectivity index (χ4n) is 2.97. The third-order valence-corrected chi connectivity index (χ3v) is 4.04. The summed E-state index contributed by atoms with van der Waals surface area (Å²) in [6.45, 7) is 3.09. The standard InChI is InChI=1S/C14H26N4/c1-2-10-18-14(16-11-17-18)13(15)12-8-6-4-3-5-7-9-12/h11-13H,2-10,15H2,1H3. The molecule has 1 aromatic heterocycles. The minimum Gasteiger partial charge on any atom is -0.321 e. The number of hydrogen-bond donors (Lipinski definition) is 1. The first-order valence-corrected chi connectivity index (χ1v) is 7.46. The van der Waals surface area contributed by atoms with E-state index in [1.807, 2.05) is 4.68 Å². The molecule has 0 spiro atoms. The maximum Gasteiger partial charge on any atom is 0.144 e. The van der Waals surface area contributed by atoms with Crippen LogP contribution >= 0.6 is 0 Å². The molecule has 1 aliphatic rings. The van der Waals surface area contributed by atoms with E-state index in [2.05, 4.69) is 17.0 Å². The number of rotatable bonds is 4. The van der Waals surface area contributed by atoms with E-state index >= 15 is 0 Å². The molecule has 102 valence electrons. The van der Waals surface area contributed by atoms with Crippen LogP contribution in [0.15, 0.2) is 6.33 Å². The van der Waals surface area contributed by atoms with Gasteiger partial charge in [-0.05, 0) is 25.2 Å². The highest BCUT2D eigenvalue weighted by Gasteiger charge is 2.24. The van der Waals surface area contributed by atoms with E-state index in [-0.39, 0.29) is 6.04 Å². The van der Waals surface area contributed by atoms with Crippen LogP contribution in [-0.4, -0.2) is 14.8 Å². The smallest absolute Gasteiger partial charge is 0.144 e. The first-order valence-electron chi connectivity index (χ1n) is 7.46. The molecule has 2 rings (SSSR count). The number of nitrogens with two attached hydrogens (primary N) is 1. The van der Waals surface area contributed by atoms with Crippen LogP contribution in [0.4, 0.5) is 0 Å². The van der Waals surface area contributed by atoms with Gasteiger partial charge in [0, 0.05) is 6.54 Å². The van der Waals surface area contributed by atoms with Crippen molar-refractivity contribution in [2.45, 2.75) is 70.9 Å². The van der Waals surface area contributed by atoms with E-state index in [0.29, 0.717) is 5.92 Å². The zero-order valence-corrected chi connectivity index (χ0v) is 11.5. The summed E-state index contributed by atoms with van der Waals surface area (Å²) in [5, 5.41) is 4.29. The van der Waals surface area contributed by atoms with E-state index in [1.165, 1.54) is 44.9 Å². The molecule has 0 aromatic carbocycles. The van der Waals surface area contributed by atoms with E-state index in [9.17, 15) is 0 Å². The summed E-state index contributed by atoms with van der Waals surface area (Å²) in [6, 6.07) is 0.0668. The molecule has 0 saturated heterocycles. The van der Waals surface area contributed by atoms with Crippen molar-refractivity contribution in [1.29, 1.82) is 0 Å². The molecule has 0 aliphatic heterocycles. The average molecular weight is 250 g/mol. The fourth-order valence-corrected chi connectivity index (χ4v) is 2.97. The van der Waals surface area contributed by atoms with Gasteiger partial charge in [0.1, 0.15) is 12.2 Å². The molecule has 1 unspecified atom stereocenters. The molecule has 0 bridgehead atoms. The topological polar surface area (TPSA) is 56.7 Å². The first-order chi connectivity index (χ1) is 8.83. The normalized spacial score (nSPS) is 20.3. The molecular formula is C14H26N4. The number of aromatic nitrogens is 3. The van der Waals surface area contributed by atoms with E-state index in [1.54, 1.807) is 6.33 Å². The monoisotopic (exact) mass is 250 g/mol. The number of nitrogens with zero attached hydrogens (tertiary/aromatic N) is 3. The Morgan fingerprint density at radius 1 is 1.28 bits per heavy atom. The van der Waals surface area contributed by atoms with Gasteiger partial charge in [-0.1, -0.05) is 39.0 Å². The van der Waals surface area contributed by atoms with Crippen LogP contribution in [0, 0.1) is 5.92 Å². The van der Waals surface area contributed by atoms with Crippen molar-refractivity contribution in [3.05, 3.63) is 12.2 Å². The summed E-state index contributed by atoms with van der Waals surface area (Å²) in [6.07, 6.45) is 12.0. The van der Waals surface area contributed by atoms with E-state index in [0.717, 1.165) is 18.8 Å². The van der Waals surface area contributed by atoms with Crippen molar-refractivity contribution >= 4 is 0 Å². The van der Waals surface area contributed by atoms with Crippen molar-refractivity contribution in [3.8, 4) is 0 Å². The lowest BCUT2D eigenvalue weighted by Crippen LogP contribution is -2.26. The Balaban J connectivity index is 2.03. The highest BCUT2D eigenvalue weighted by molar-refractivity contribution is 4.96. The Morgan fingerprint density at radius 3 is 2.61 bits per heavy atom. The highest BCUT2D eigenvalue weighted by atomic mass is 15.3. The SMILES string of the molecule is CCCn1ncnc1C(N)C1CCCCCCC1. The average Bonchev–Trinajstić information content (AvgIpc) is 2.76. The second kappa shape index (κ2) is 6.88. The summed E-state index contributed by atoms with van der Waals surface area (Å²) >= 11 is 0. The van der Waals surface area contributed by atoms with Gasteiger partial charge in [-0.25, -0.2) is 9.67 Å². The van der Waals surface area contributed by atoms with Crippen LogP contribution in [0.5, 0.6) is 0 Å². The quantitative estimate of drug-likeness (QED) is 0.893. The molecule has 4 heteroatoms. The van der Waals surface area contributed by atoms with Gasteiger partial charge in [0.2, 0.25) is 0 Å². The third kappa shape index (κ3) is 3.31. The van der Waals surface area contributed by atoms with Crippen LogP contribution in [-0.2, 0) is 6.54 Å². The fraction of sp³-hybridized carbons (Fsp3) is 0.857. The van der Waals surface area contributed by atoms with E-state index < -0.39 is 0 Å². The van der Waals surface area contributed by atoms with E-state index in [4.69, 9.17) is 5.73 Å². The van der Waals surface area contributed by atoms with Gasteiger partial charge in [-0.3, -0.25) is 0 Å². The molecule has 1 aromatic rings. The summed E-state index contributed by atoms with van der Waals surface area (Å²) in [7, 11) is 0. The third-order valence-electron chi connectivity index (χ3n) is 4.04. The lowest BCUT2D eigenvalue weighted by molar-refractivity contribution is 0.311. The van der Waals surface area contributed by atoms with Crippen LogP contribution in [0.2, 0.25) is 0 Å². The second-order valence-electron chi connectivity index (χ2n) is 5.47. The van der Waals surface area contributed by atoms with Crippen molar-refractivity contribution in [2.24, 2.45) is 11.7 Å². The Labute approximate surface area is 110 Å². The minimum atomic E-state index is 0.0668. The predicted molar refractivity (Wildman–Crippen MR) is 73.1 cm³/mol. The molecule has 4 nitrogen and oxygen atoms in total. The predicted octanol–water partition coefficient (Wildman–Crippen LogP) is 3.05. The Bertz CT molecular complexity index is 339. The minimum absolute atomic E-state index is 0.0668. The van der Waals surface area contributed by atoms with Gasteiger partial charge in [0.05, 0.1) is 6.04 Å². The largest absolute Gasteiger partial charge is 0.321 e. The van der Waals surface area contributed by atoms with Crippen LogP contribution in [0.1, 0.15) is 70.2 Å². The first kappa shape index (κ1) is 13.5. The number of hydrogen-bond acceptors (Lipinski definition) is 3. The Kier molecular flexibility index (Phi) is 5.17. The second-order valence-corrected chi connectivity index (χ2v) is 5.47. The van der Waals surface area contributed by atoms with Crippen molar-refractivity contribution in [2.75, 3.05) is 0 Å². The lowest BCUT2D eigenvalue weighted by Gasteiger charge is -2.25. The number of aryl methyl sites for hydroxylation is 1. The molecule has 1 aliphatic carbocycles. The maximum atomic E-state index is 6.44. The van der Waals surface area contributed by atoms with Crippen LogP contribution < -0.4 is 5.73 Å². The molecule has 18 heavy (non-hydrogen) atoms. The van der Waals surface area contributed by atoms with Crippen molar-refractivity contribution < 1.29 is 0 Å². The Morgan fingerprint density at radius 2 is 1.94 bits per heavy atom.